The fourth-order valence-corrected chi connectivity index (χ4v) is 5.49. The molecule has 4 heterocycles. The Bertz CT molecular complexity index is 1530. The van der Waals surface area contributed by atoms with Crippen LogP contribution < -0.4 is 4.90 Å². The molecule has 6 nitrogen and oxygen atoms in total. The van der Waals surface area contributed by atoms with Gasteiger partial charge in [-0.2, -0.15) is 9.97 Å². The molecule has 1 N–H and O–H groups in total. The fourth-order valence-electron chi connectivity index (χ4n) is 5.49. The van der Waals surface area contributed by atoms with Gasteiger partial charge in [0.05, 0.1) is 0 Å². The van der Waals surface area contributed by atoms with E-state index in [4.69, 9.17) is 15.0 Å². The Morgan fingerprint density at radius 2 is 1.71 bits per heavy atom. The largest absolute Gasteiger partial charge is 0.355 e. The molecule has 0 saturated carbocycles. The van der Waals surface area contributed by atoms with Crippen LogP contribution in [0.15, 0.2) is 60.8 Å². The number of para-hydroxylation sites is 1. The standard InChI is InChI=1S/C32H36N6/c1-3-23-14-16-25(33-21-23)10-9-13-30-35-31(37-32(36-30)38-18-7-4-8-19-38)22(2)24-15-17-29-27(20-24)26-11-5-6-12-28(26)34-29/h5-6,11-12,14-17,20-22,34H,3-4,7-10,13,18-19H2,1-2H3. The van der Waals surface area contributed by atoms with E-state index in [9.17, 15) is 0 Å². The number of piperidine rings is 1. The van der Waals surface area contributed by atoms with E-state index in [1.165, 1.54) is 46.7 Å². The average molecular weight is 505 g/mol. The topological polar surface area (TPSA) is 70.6 Å². The number of rotatable bonds is 8. The van der Waals surface area contributed by atoms with Crippen molar-refractivity contribution in [3.63, 3.8) is 0 Å². The van der Waals surface area contributed by atoms with Crippen molar-refractivity contribution in [1.82, 2.24) is 24.9 Å². The van der Waals surface area contributed by atoms with E-state index in [-0.39, 0.29) is 5.92 Å². The zero-order valence-corrected chi connectivity index (χ0v) is 22.5. The lowest BCUT2D eigenvalue weighted by atomic mass is 9.98. The van der Waals surface area contributed by atoms with E-state index in [0.717, 1.165) is 67.6 Å². The van der Waals surface area contributed by atoms with Gasteiger partial charge in [0.1, 0.15) is 11.6 Å². The highest BCUT2D eigenvalue weighted by atomic mass is 15.3. The highest BCUT2D eigenvalue weighted by Crippen LogP contribution is 2.31. The molecule has 0 spiro atoms. The molecular weight excluding hydrogens is 468 g/mol. The van der Waals surface area contributed by atoms with Gasteiger partial charge in [-0.15, -0.1) is 0 Å². The minimum atomic E-state index is 0.0709. The summed E-state index contributed by atoms with van der Waals surface area (Å²) in [5.41, 5.74) is 5.97. The maximum absolute atomic E-state index is 5.03. The van der Waals surface area contributed by atoms with Gasteiger partial charge in [-0.3, -0.25) is 4.98 Å². The summed E-state index contributed by atoms with van der Waals surface area (Å²) in [4.78, 5) is 25.5. The Hall–Kier alpha value is -3.80. The van der Waals surface area contributed by atoms with Crippen LogP contribution in [0.25, 0.3) is 21.8 Å². The molecule has 1 aliphatic heterocycles. The number of benzene rings is 2. The van der Waals surface area contributed by atoms with Crippen molar-refractivity contribution >= 4 is 27.8 Å². The second-order valence-corrected chi connectivity index (χ2v) is 10.5. The first-order valence-corrected chi connectivity index (χ1v) is 14.1. The van der Waals surface area contributed by atoms with Gasteiger partial charge < -0.3 is 9.88 Å². The van der Waals surface area contributed by atoms with Gasteiger partial charge in [0, 0.05) is 59.1 Å². The Kier molecular flexibility index (Phi) is 7.04. The molecule has 6 rings (SSSR count). The quantitative estimate of drug-likeness (QED) is 0.252. The lowest BCUT2D eigenvalue weighted by Crippen LogP contribution is -2.32. The maximum Gasteiger partial charge on any atom is 0.228 e. The molecule has 1 unspecified atom stereocenters. The van der Waals surface area contributed by atoms with Crippen molar-refractivity contribution in [3.05, 3.63) is 89.3 Å². The summed E-state index contributed by atoms with van der Waals surface area (Å²) in [7, 11) is 0. The van der Waals surface area contributed by atoms with Crippen molar-refractivity contribution in [3.8, 4) is 0 Å². The van der Waals surface area contributed by atoms with Crippen LogP contribution in [0, 0.1) is 0 Å². The summed E-state index contributed by atoms with van der Waals surface area (Å²) < 4.78 is 0. The number of anilines is 1. The SMILES string of the molecule is CCc1ccc(CCCc2nc(C(C)c3ccc4[nH]c5ccccc5c4c3)nc(N3CCCCC3)n2)nc1. The molecule has 5 aromatic rings. The van der Waals surface area contributed by atoms with E-state index in [1.54, 1.807) is 0 Å². The number of nitrogens with zero attached hydrogens (tertiary/aromatic N) is 5. The number of hydrogen-bond acceptors (Lipinski definition) is 5. The van der Waals surface area contributed by atoms with Crippen LogP contribution in [-0.2, 0) is 19.3 Å². The summed E-state index contributed by atoms with van der Waals surface area (Å²) in [5, 5.41) is 2.50. The molecule has 2 aromatic carbocycles. The van der Waals surface area contributed by atoms with E-state index >= 15 is 0 Å². The van der Waals surface area contributed by atoms with Crippen molar-refractivity contribution in [2.24, 2.45) is 0 Å². The lowest BCUT2D eigenvalue weighted by Gasteiger charge is -2.27. The van der Waals surface area contributed by atoms with Crippen LogP contribution in [0.3, 0.4) is 0 Å². The highest BCUT2D eigenvalue weighted by Gasteiger charge is 2.20. The van der Waals surface area contributed by atoms with Crippen molar-refractivity contribution in [2.75, 3.05) is 18.0 Å². The molecule has 1 atom stereocenters. The molecule has 1 aliphatic rings. The molecule has 38 heavy (non-hydrogen) atoms. The first-order chi connectivity index (χ1) is 18.7. The molecule has 0 bridgehead atoms. The number of hydrogen-bond donors (Lipinski definition) is 1. The Morgan fingerprint density at radius 1 is 0.868 bits per heavy atom. The second kappa shape index (κ2) is 10.9. The lowest BCUT2D eigenvalue weighted by molar-refractivity contribution is 0.562. The van der Waals surface area contributed by atoms with Crippen LogP contribution >= 0.6 is 0 Å². The van der Waals surface area contributed by atoms with Crippen LogP contribution in [0.2, 0.25) is 0 Å². The van der Waals surface area contributed by atoms with Gasteiger partial charge >= 0.3 is 0 Å². The number of fused-ring (bicyclic) bond motifs is 3. The van der Waals surface area contributed by atoms with Gasteiger partial charge in [0.2, 0.25) is 5.95 Å². The Morgan fingerprint density at radius 3 is 2.53 bits per heavy atom. The molecule has 3 aromatic heterocycles. The summed E-state index contributed by atoms with van der Waals surface area (Å²) in [6, 6.07) is 19.5. The minimum Gasteiger partial charge on any atom is -0.355 e. The predicted molar refractivity (Wildman–Crippen MR) is 155 cm³/mol. The third-order valence-corrected chi connectivity index (χ3v) is 7.87. The second-order valence-electron chi connectivity index (χ2n) is 10.5. The molecule has 1 saturated heterocycles. The molecule has 1 fully saturated rings. The third-order valence-electron chi connectivity index (χ3n) is 7.87. The van der Waals surface area contributed by atoms with Gasteiger partial charge in [-0.05, 0) is 73.9 Å². The Labute approximate surface area is 224 Å². The van der Waals surface area contributed by atoms with Crippen LogP contribution in [0.1, 0.15) is 73.9 Å². The first-order valence-electron chi connectivity index (χ1n) is 14.1. The fraction of sp³-hybridized carbons (Fsp3) is 0.375. The number of pyridine rings is 1. The number of aryl methyl sites for hydroxylation is 3. The summed E-state index contributed by atoms with van der Waals surface area (Å²) >= 11 is 0. The van der Waals surface area contributed by atoms with E-state index in [2.05, 4.69) is 83.3 Å². The third kappa shape index (κ3) is 5.13. The summed E-state index contributed by atoms with van der Waals surface area (Å²) in [5.74, 6) is 2.66. The number of aromatic amines is 1. The van der Waals surface area contributed by atoms with Gasteiger partial charge in [-0.1, -0.05) is 44.2 Å². The molecule has 194 valence electrons. The van der Waals surface area contributed by atoms with Crippen molar-refractivity contribution in [1.29, 1.82) is 0 Å². The zero-order chi connectivity index (χ0) is 25.9. The predicted octanol–water partition coefficient (Wildman–Crippen LogP) is 6.78. The smallest absolute Gasteiger partial charge is 0.228 e. The van der Waals surface area contributed by atoms with Crippen LogP contribution in [0.4, 0.5) is 5.95 Å². The van der Waals surface area contributed by atoms with Crippen LogP contribution in [0.5, 0.6) is 0 Å². The molecule has 6 heteroatoms. The van der Waals surface area contributed by atoms with E-state index in [0.29, 0.717) is 0 Å². The van der Waals surface area contributed by atoms with Gasteiger partial charge in [0.15, 0.2) is 0 Å². The minimum absolute atomic E-state index is 0.0709. The summed E-state index contributed by atoms with van der Waals surface area (Å²) in [6.07, 6.45) is 9.41. The first kappa shape index (κ1) is 24.5. The number of nitrogens with one attached hydrogen (secondary N) is 1. The number of aromatic nitrogens is 5. The zero-order valence-electron chi connectivity index (χ0n) is 22.5. The van der Waals surface area contributed by atoms with Gasteiger partial charge in [0.25, 0.3) is 0 Å². The highest BCUT2D eigenvalue weighted by molar-refractivity contribution is 6.07. The van der Waals surface area contributed by atoms with E-state index in [1.807, 2.05) is 6.20 Å². The molecule has 0 aliphatic carbocycles. The molecular formula is C32H36N6. The van der Waals surface area contributed by atoms with Crippen LogP contribution in [-0.4, -0.2) is 38.0 Å². The Balaban J connectivity index is 1.28. The number of H-pyrrole nitrogens is 1. The van der Waals surface area contributed by atoms with Crippen molar-refractivity contribution < 1.29 is 0 Å². The monoisotopic (exact) mass is 504 g/mol. The van der Waals surface area contributed by atoms with E-state index < -0.39 is 0 Å². The average Bonchev–Trinajstić information content (AvgIpc) is 3.35. The summed E-state index contributed by atoms with van der Waals surface area (Å²) in [6.45, 7) is 6.42. The van der Waals surface area contributed by atoms with Crippen molar-refractivity contribution in [2.45, 2.75) is 64.7 Å². The maximum atomic E-state index is 5.03. The normalized spacial score (nSPS) is 14.8. The molecule has 0 radical (unpaired) electrons. The van der Waals surface area contributed by atoms with Gasteiger partial charge in [-0.25, -0.2) is 4.98 Å². The molecule has 0 amide bonds.